The van der Waals surface area contributed by atoms with Crippen LogP contribution in [0.1, 0.15) is 30.5 Å². The number of nitrogens with zero attached hydrogens (tertiary/aromatic N) is 1. The highest BCUT2D eigenvalue weighted by Gasteiger charge is 2.23. The maximum atomic E-state index is 11.8. The zero-order valence-electron chi connectivity index (χ0n) is 10.6. The molecule has 0 aromatic carbocycles. The number of H-pyrrole nitrogens is 1. The quantitative estimate of drug-likeness (QED) is 0.617. The van der Waals surface area contributed by atoms with Crippen molar-refractivity contribution in [3.63, 3.8) is 0 Å². The molecule has 1 amide bonds. The molecule has 2 rings (SSSR count). The van der Waals surface area contributed by atoms with Crippen molar-refractivity contribution in [3.05, 3.63) is 21.6 Å². The Balaban J connectivity index is 1.99. The van der Waals surface area contributed by atoms with Crippen LogP contribution in [0.3, 0.4) is 0 Å². The number of carbonyl (C=O) groups excluding carboxylic acids is 1. The monoisotopic (exact) mass is 267 g/mol. The van der Waals surface area contributed by atoms with Crippen molar-refractivity contribution in [2.75, 3.05) is 6.26 Å². The molecule has 1 aromatic rings. The minimum absolute atomic E-state index is 0.0187. The fourth-order valence-corrected chi connectivity index (χ4v) is 2.16. The molecule has 1 aromatic heterocycles. The van der Waals surface area contributed by atoms with Crippen LogP contribution in [-0.2, 0) is 11.2 Å². The van der Waals surface area contributed by atoms with Crippen LogP contribution in [0.4, 0.5) is 0 Å². The third kappa shape index (κ3) is 3.35. The molecular weight excluding hydrogens is 250 g/mol. The largest absolute Gasteiger partial charge is 0.353 e. The molecule has 5 nitrogen and oxygen atoms in total. The Bertz CT molecular complexity index is 509. The number of rotatable bonds is 5. The standard InChI is InChI=1S/C12H17N3O2S/c1-7-9(11(17)15-12(13-7)18-2)5-6-10(16)14-8-3-4-8/h8H,3-6H2,1-2H3,(H,14,16)(H,13,15,17). The highest BCUT2D eigenvalue weighted by Crippen LogP contribution is 2.18. The van der Waals surface area contributed by atoms with Gasteiger partial charge < -0.3 is 10.3 Å². The van der Waals surface area contributed by atoms with Crippen LogP contribution in [0.5, 0.6) is 0 Å². The first kappa shape index (κ1) is 13.1. The molecule has 0 unspecified atom stereocenters. The molecule has 0 radical (unpaired) electrons. The Hall–Kier alpha value is -1.30. The maximum absolute atomic E-state index is 11.8. The molecule has 0 aliphatic heterocycles. The minimum Gasteiger partial charge on any atom is -0.353 e. The number of aromatic nitrogens is 2. The molecule has 1 saturated carbocycles. The Morgan fingerprint density at radius 3 is 2.83 bits per heavy atom. The summed E-state index contributed by atoms with van der Waals surface area (Å²) in [5.74, 6) is 0.0187. The van der Waals surface area contributed by atoms with Gasteiger partial charge in [0.15, 0.2) is 5.16 Å². The molecule has 18 heavy (non-hydrogen) atoms. The van der Waals surface area contributed by atoms with Crippen molar-refractivity contribution in [2.24, 2.45) is 0 Å². The van der Waals surface area contributed by atoms with E-state index in [-0.39, 0.29) is 11.5 Å². The van der Waals surface area contributed by atoms with Crippen molar-refractivity contribution < 1.29 is 4.79 Å². The van der Waals surface area contributed by atoms with Crippen molar-refractivity contribution in [3.8, 4) is 0 Å². The lowest BCUT2D eigenvalue weighted by atomic mass is 10.1. The maximum Gasteiger partial charge on any atom is 0.254 e. The molecule has 0 spiro atoms. The van der Waals surface area contributed by atoms with E-state index in [0.717, 1.165) is 12.8 Å². The van der Waals surface area contributed by atoms with Crippen molar-refractivity contribution >= 4 is 17.7 Å². The van der Waals surface area contributed by atoms with Gasteiger partial charge in [-0.1, -0.05) is 11.8 Å². The van der Waals surface area contributed by atoms with Gasteiger partial charge in [-0.05, 0) is 32.4 Å². The zero-order valence-corrected chi connectivity index (χ0v) is 11.4. The van der Waals surface area contributed by atoms with Crippen molar-refractivity contribution in [1.82, 2.24) is 15.3 Å². The lowest BCUT2D eigenvalue weighted by Gasteiger charge is -2.06. The summed E-state index contributed by atoms with van der Waals surface area (Å²) >= 11 is 1.40. The molecule has 98 valence electrons. The second-order valence-electron chi connectivity index (χ2n) is 4.48. The molecular formula is C12H17N3O2S. The number of hydrogen-bond donors (Lipinski definition) is 2. The van der Waals surface area contributed by atoms with Gasteiger partial charge in [-0.15, -0.1) is 0 Å². The first-order valence-electron chi connectivity index (χ1n) is 6.03. The van der Waals surface area contributed by atoms with E-state index in [2.05, 4.69) is 15.3 Å². The number of nitrogens with one attached hydrogen (secondary N) is 2. The van der Waals surface area contributed by atoms with E-state index >= 15 is 0 Å². The molecule has 0 atom stereocenters. The summed E-state index contributed by atoms with van der Waals surface area (Å²) in [5, 5.41) is 3.52. The summed E-state index contributed by atoms with van der Waals surface area (Å²) in [4.78, 5) is 30.4. The number of thioether (sulfide) groups is 1. The first-order chi connectivity index (χ1) is 8.60. The molecule has 2 N–H and O–H groups in total. The summed E-state index contributed by atoms with van der Waals surface area (Å²) in [7, 11) is 0. The van der Waals surface area contributed by atoms with Gasteiger partial charge in [-0.25, -0.2) is 4.98 Å². The third-order valence-corrected chi connectivity index (χ3v) is 3.52. The number of aryl methyl sites for hydroxylation is 1. The van der Waals surface area contributed by atoms with Crippen molar-refractivity contribution in [2.45, 2.75) is 43.8 Å². The van der Waals surface area contributed by atoms with Gasteiger partial charge >= 0.3 is 0 Å². The molecule has 1 heterocycles. The van der Waals surface area contributed by atoms with Crippen LogP contribution in [0.15, 0.2) is 9.95 Å². The predicted molar refractivity (Wildman–Crippen MR) is 70.9 cm³/mol. The number of amides is 1. The van der Waals surface area contributed by atoms with E-state index in [1.54, 1.807) is 0 Å². The molecule has 1 aliphatic carbocycles. The Labute approximate surface area is 110 Å². The lowest BCUT2D eigenvalue weighted by Crippen LogP contribution is -2.27. The Morgan fingerprint density at radius 2 is 2.28 bits per heavy atom. The van der Waals surface area contributed by atoms with Gasteiger partial charge in [0.1, 0.15) is 0 Å². The number of carbonyl (C=O) groups is 1. The second-order valence-corrected chi connectivity index (χ2v) is 5.28. The van der Waals surface area contributed by atoms with E-state index in [4.69, 9.17) is 0 Å². The van der Waals surface area contributed by atoms with Crippen LogP contribution < -0.4 is 10.9 Å². The number of aromatic amines is 1. The lowest BCUT2D eigenvalue weighted by molar-refractivity contribution is -0.121. The molecule has 1 aliphatic rings. The van der Waals surface area contributed by atoms with Crippen LogP contribution in [0.25, 0.3) is 0 Å². The van der Waals surface area contributed by atoms with Crippen molar-refractivity contribution in [1.29, 1.82) is 0 Å². The summed E-state index contributed by atoms with van der Waals surface area (Å²) < 4.78 is 0. The minimum atomic E-state index is -0.133. The van der Waals surface area contributed by atoms with Crippen LogP contribution in [-0.4, -0.2) is 28.2 Å². The van der Waals surface area contributed by atoms with Crippen LogP contribution in [0.2, 0.25) is 0 Å². The molecule has 0 saturated heterocycles. The van der Waals surface area contributed by atoms with Gasteiger partial charge in [0.05, 0.1) is 0 Å². The number of hydrogen-bond acceptors (Lipinski definition) is 4. The summed E-state index contributed by atoms with van der Waals surface area (Å²) in [6, 6.07) is 0.369. The van der Waals surface area contributed by atoms with E-state index < -0.39 is 0 Å². The summed E-state index contributed by atoms with van der Waals surface area (Å²) in [6.45, 7) is 1.81. The summed E-state index contributed by atoms with van der Waals surface area (Å²) in [6.07, 6.45) is 4.81. The normalized spacial score (nSPS) is 14.6. The topological polar surface area (TPSA) is 74.8 Å². The van der Waals surface area contributed by atoms with Gasteiger partial charge in [0.25, 0.3) is 5.56 Å². The van der Waals surface area contributed by atoms with Gasteiger partial charge in [0.2, 0.25) is 5.91 Å². The zero-order chi connectivity index (χ0) is 13.1. The average Bonchev–Trinajstić information content (AvgIpc) is 3.11. The fourth-order valence-electron chi connectivity index (χ4n) is 1.74. The predicted octanol–water partition coefficient (Wildman–Crippen LogP) is 1.01. The van der Waals surface area contributed by atoms with E-state index in [1.807, 2.05) is 13.2 Å². The second kappa shape index (κ2) is 5.56. The highest BCUT2D eigenvalue weighted by atomic mass is 32.2. The van der Waals surface area contributed by atoms with Crippen LogP contribution in [0, 0.1) is 6.92 Å². The van der Waals surface area contributed by atoms with E-state index in [0.29, 0.717) is 35.3 Å². The van der Waals surface area contributed by atoms with Gasteiger partial charge in [-0.3, -0.25) is 9.59 Å². The molecule has 1 fully saturated rings. The fraction of sp³-hybridized carbons (Fsp3) is 0.583. The van der Waals surface area contributed by atoms with Gasteiger partial charge in [0, 0.05) is 23.7 Å². The first-order valence-corrected chi connectivity index (χ1v) is 7.25. The SMILES string of the molecule is CSc1nc(C)c(CCC(=O)NC2CC2)c(=O)[nH]1. The van der Waals surface area contributed by atoms with Crippen LogP contribution >= 0.6 is 11.8 Å². The third-order valence-electron chi connectivity index (χ3n) is 2.94. The average molecular weight is 267 g/mol. The highest BCUT2D eigenvalue weighted by molar-refractivity contribution is 7.98. The molecule has 0 bridgehead atoms. The summed E-state index contributed by atoms with van der Waals surface area (Å²) in [5.41, 5.74) is 1.19. The Kier molecular flexibility index (Phi) is 4.06. The van der Waals surface area contributed by atoms with E-state index in [9.17, 15) is 9.59 Å². The smallest absolute Gasteiger partial charge is 0.254 e. The van der Waals surface area contributed by atoms with Gasteiger partial charge in [-0.2, -0.15) is 0 Å². The van der Waals surface area contributed by atoms with E-state index in [1.165, 1.54) is 11.8 Å². The Morgan fingerprint density at radius 1 is 1.56 bits per heavy atom. The molecule has 6 heteroatoms.